The number of benzene rings is 2. The van der Waals surface area contributed by atoms with Crippen molar-refractivity contribution < 1.29 is 9.47 Å². The number of anilines is 1. The van der Waals surface area contributed by atoms with Gasteiger partial charge in [0.15, 0.2) is 0 Å². The summed E-state index contributed by atoms with van der Waals surface area (Å²) in [5.41, 5.74) is 8.96. The zero-order valence-corrected chi connectivity index (χ0v) is 18.7. The molecule has 7 heteroatoms. The highest BCUT2D eigenvalue weighted by atomic mass is 79.9. The Morgan fingerprint density at radius 2 is 1.38 bits per heavy atom. The summed E-state index contributed by atoms with van der Waals surface area (Å²) in [6, 6.07) is 9.58. The summed E-state index contributed by atoms with van der Waals surface area (Å²) in [6.45, 7) is 3.83. The van der Waals surface area contributed by atoms with E-state index in [9.17, 15) is 0 Å². The molecule has 0 aliphatic heterocycles. The van der Waals surface area contributed by atoms with Crippen molar-refractivity contribution in [1.29, 1.82) is 5.26 Å². The van der Waals surface area contributed by atoms with Crippen LogP contribution in [-0.4, -0.2) is 14.2 Å². The van der Waals surface area contributed by atoms with E-state index in [1.54, 1.807) is 20.3 Å². The third-order valence-corrected chi connectivity index (χ3v) is 4.05. The minimum Gasteiger partial charge on any atom is -0.495 e. The van der Waals surface area contributed by atoms with Gasteiger partial charge >= 0.3 is 0 Å². The Labute approximate surface area is 170 Å². The molecule has 0 heterocycles. The van der Waals surface area contributed by atoms with Crippen LogP contribution in [0.3, 0.4) is 0 Å². The fourth-order valence-corrected chi connectivity index (χ4v) is 3.01. The maximum Gasteiger partial charge on any atom is 0.143 e. The number of methoxy groups -OCH3 is 2. The average Bonchev–Trinajstić information content (AvgIpc) is 2.50. The van der Waals surface area contributed by atoms with Crippen molar-refractivity contribution in [2.24, 2.45) is 0 Å². The number of hydrogen-bond donors (Lipinski definition) is 1. The molecule has 0 saturated heterocycles. The van der Waals surface area contributed by atoms with Crippen LogP contribution >= 0.6 is 48.8 Å². The zero-order chi connectivity index (χ0) is 17.6. The van der Waals surface area contributed by atoms with Gasteiger partial charge in [-0.05, 0) is 49.2 Å². The fourth-order valence-electron chi connectivity index (χ4n) is 1.91. The van der Waals surface area contributed by atoms with Gasteiger partial charge in [-0.2, -0.15) is 5.26 Å². The Hall–Kier alpha value is -1.23. The monoisotopic (exact) mass is 520 g/mol. The zero-order valence-electron chi connectivity index (χ0n) is 13.8. The van der Waals surface area contributed by atoms with Crippen LogP contribution in [0.2, 0.25) is 0 Å². The molecular formula is C17H19Br3N2O2. The average molecular weight is 523 g/mol. The molecule has 2 N–H and O–H groups in total. The van der Waals surface area contributed by atoms with E-state index >= 15 is 0 Å². The van der Waals surface area contributed by atoms with E-state index in [0.717, 1.165) is 25.8 Å². The molecule has 0 aliphatic carbocycles. The van der Waals surface area contributed by atoms with E-state index in [2.05, 4.69) is 37.9 Å². The van der Waals surface area contributed by atoms with Gasteiger partial charge in [-0.1, -0.05) is 31.9 Å². The normalized spacial score (nSPS) is 9.04. The predicted molar refractivity (Wildman–Crippen MR) is 110 cm³/mol. The standard InChI is InChI=1S/C9H8BrNO.C8H10BrNO.BrH/c1-6-3-7(10)4-9(12-2)8(6)5-11;1-5-3-6(9)4-7(11-2)8(5)10;/h3-4H,1-2H3;3-4H,10H2,1-2H3;1H. The summed E-state index contributed by atoms with van der Waals surface area (Å²) in [5.74, 6) is 1.33. The van der Waals surface area contributed by atoms with Gasteiger partial charge in [-0.15, -0.1) is 17.0 Å². The van der Waals surface area contributed by atoms with E-state index in [0.29, 0.717) is 17.0 Å². The van der Waals surface area contributed by atoms with E-state index in [1.165, 1.54) is 0 Å². The van der Waals surface area contributed by atoms with Gasteiger partial charge in [0.1, 0.15) is 17.6 Å². The largest absolute Gasteiger partial charge is 0.495 e. The Bertz CT molecular complexity index is 744. The SMILES string of the molecule is Br.COc1cc(Br)cc(C)c1C#N.COc1cc(Br)cc(C)c1N. The van der Waals surface area contributed by atoms with E-state index in [-0.39, 0.29) is 17.0 Å². The second-order valence-corrected chi connectivity index (χ2v) is 6.58. The van der Waals surface area contributed by atoms with Gasteiger partial charge in [0, 0.05) is 8.95 Å². The molecule has 0 fully saturated rings. The number of nitrogens with two attached hydrogens (primary N) is 1. The molecule has 0 aliphatic rings. The van der Waals surface area contributed by atoms with Crippen molar-refractivity contribution >= 4 is 54.5 Å². The summed E-state index contributed by atoms with van der Waals surface area (Å²) >= 11 is 6.68. The Morgan fingerprint density at radius 1 is 0.917 bits per heavy atom. The van der Waals surface area contributed by atoms with E-state index in [1.807, 2.05) is 32.0 Å². The lowest BCUT2D eigenvalue weighted by Gasteiger charge is -2.07. The van der Waals surface area contributed by atoms with Crippen molar-refractivity contribution in [3.63, 3.8) is 0 Å². The molecule has 0 radical (unpaired) electrons. The van der Waals surface area contributed by atoms with Crippen LogP contribution in [-0.2, 0) is 0 Å². The second kappa shape index (κ2) is 10.6. The van der Waals surface area contributed by atoms with Gasteiger partial charge in [-0.25, -0.2) is 0 Å². The molecule has 130 valence electrons. The molecule has 0 aromatic heterocycles. The number of hydrogen-bond acceptors (Lipinski definition) is 4. The number of ether oxygens (including phenoxy) is 2. The van der Waals surface area contributed by atoms with Gasteiger partial charge in [0.05, 0.1) is 25.5 Å². The Morgan fingerprint density at radius 3 is 1.83 bits per heavy atom. The number of aryl methyl sites for hydroxylation is 2. The lowest BCUT2D eigenvalue weighted by molar-refractivity contribution is 0.413. The van der Waals surface area contributed by atoms with Crippen LogP contribution < -0.4 is 15.2 Å². The molecule has 2 aromatic carbocycles. The van der Waals surface area contributed by atoms with Crippen LogP contribution in [0.25, 0.3) is 0 Å². The number of nitrogen functional groups attached to an aromatic ring is 1. The predicted octanol–water partition coefficient (Wildman–Crippen LogP) is 5.56. The van der Waals surface area contributed by atoms with Gasteiger partial charge < -0.3 is 15.2 Å². The molecule has 0 bridgehead atoms. The summed E-state index contributed by atoms with van der Waals surface area (Å²) in [4.78, 5) is 0. The first-order chi connectivity index (χ1) is 10.8. The highest BCUT2D eigenvalue weighted by Gasteiger charge is 2.06. The molecule has 0 saturated carbocycles. The minimum absolute atomic E-state index is 0. The smallest absolute Gasteiger partial charge is 0.143 e. The molecule has 0 unspecified atom stereocenters. The number of nitriles is 1. The summed E-state index contributed by atoms with van der Waals surface area (Å²) in [7, 11) is 3.17. The van der Waals surface area contributed by atoms with Crippen molar-refractivity contribution in [1.82, 2.24) is 0 Å². The third kappa shape index (κ3) is 6.00. The molecule has 24 heavy (non-hydrogen) atoms. The van der Waals surface area contributed by atoms with Crippen molar-refractivity contribution in [2.75, 3.05) is 20.0 Å². The summed E-state index contributed by atoms with van der Waals surface area (Å²) < 4.78 is 12.0. The van der Waals surface area contributed by atoms with Gasteiger partial charge in [0.2, 0.25) is 0 Å². The van der Waals surface area contributed by atoms with E-state index in [4.69, 9.17) is 20.5 Å². The summed E-state index contributed by atoms with van der Waals surface area (Å²) in [5, 5.41) is 8.78. The topological polar surface area (TPSA) is 68.3 Å². The lowest BCUT2D eigenvalue weighted by atomic mass is 10.1. The maximum atomic E-state index is 8.78. The van der Waals surface area contributed by atoms with E-state index < -0.39 is 0 Å². The highest BCUT2D eigenvalue weighted by Crippen LogP contribution is 2.29. The Balaban J connectivity index is 0.000000425. The molecular weight excluding hydrogens is 504 g/mol. The molecule has 2 aromatic rings. The molecule has 0 amide bonds. The lowest BCUT2D eigenvalue weighted by Crippen LogP contribution is -1.94. The third-order valence-electron chi connectivity index (χ3n) is 3.13. The first-order valence-corrected chi connectivity index (χ1v) is 8.26. The van der Waals surface area contributed by atoms with Gasteiger partial charge in [-0.3, -0.25) is 0 Å². The summed E-state index contributed by atoms with van der Waals surface area (Å²) in [6.07, 6.45) is 0. The van der Waals surface area contributed by atoms with Crippen LogP contribution in [0.4, 0.5) is 5.69 Å². The number of rotatable bonds is 2. The molecule has 4 nitrogen and oxygen atoms in total. The van der Waals surface area contributed by atoms with Crippen LogP contribution in [0, 0.1) is 25.2 Å². The van der Waals surface area contributed by atoms with Crippen molar-refractivity contribution in [2.45, 2.75) is 13.8 Å². The molecule has 0 atom stereocenters. The maximum absolute atomic E-state index is 8.78. The highest BCUT2D eigenvalue weighted by molar-refractivity contribution is 9.10. The van der Waals surface area contributed by atoms with Gasteiger partial charge in [0.25, 0.3) is 0 Å². The molecule has 2 rings (SSSR count). The van der Waals surface area contributed by atoms with Crippen LogP contribution in [0.15, 0.2) is 33.2 Å². The van der Waals surface area contributed by atoms with Crippen molar-refractivity contribution in [3.05, 3.63) is 49.9 Å². The number of halogens is 3. The minimum atomic E-state index is 0. The van der Waals surface area contributed by atoms with Crippen LogP contribution in [0.1, 0.15) is 16.7 Å². The fraction of sp³-hybridized carbons (Fsp3) is 0.235. The van der Waals surface area contributed by atoms with Crippen LogP contribution in [0.5, 0.6) is 11.5 Å². The molecule has 0 spiro atoms. The first kappa shape index (κ1) is 22.8. The quantitative estimate of drug-likeness (QED) is 0.524. The van der Waals surface area contributed by atoms with Crippen molar-refractivity contribution in [3.8, 4) is 17.6 Å². The Kier molecular flexibility index (Phi) is 10.1. The first-order valence-electron chi connectivity index (χ1n) is 6.67. The number of nitrogens with zero attached hydrogens (tertiary/aromatic N) is 1. The second-order valence-electron chi connectivity index (χ2n) is 4.75.